The number of carbonyl (C=O) groups is 5. The second-order valence-corrected chi connectivity index (χ2v) is 10.0. The monoisotopic (exact) mass is 518 g/mol. The highest BCUT2D eigenvalue weighted by Crippen LogP contribution is 2.66. The van der Waals surface area contributed by atoms with Crippen molar-refractivity contribution in [1.29, 1.82) is 0 Å². The van der Waals surface area contributed by atoms with Crippen molar-refractivity contribution in [1.82, 2.24) is 4.90 Å². The Labute approximate surface area is 198 Å². The van der Waals surface area contributed by atoms with Crippen LogP contribution in [0.3, 0.4) is 0 Å². The van der Waals surface area contributed by atoms with Gasteiger partial charge in [0, 0.05) is 17.3 Å². The normalized spacial score (nSPS) is 27.7. The third kappa shape index (κ3) is 3.22. The highest BCUT2D eigenvalue weighted by Gasteiger charge is 2.71. The molecule has 1 heterocycles. The number of halogens is 1. The molecule has 1 saturated heterocycles. The van der Waals surface area contributed by atoms with E-state index in [1.807, 2.05) is 12.2 Å². The summed E-state index contributed by atoms with van der Waals surface area (Å²) in [6, 6.07) is 3.38. The van der Waals surface area contributed by atoms with E-state index in [1.54, 1.807) is 13.8 Å². The standard InChI is InChI=1S/C23H23BrN2O7/c1-22(2,21(33)25-14-9-11(19(29)30)3-4-13(14)20(31)32)23-6-5-12(10-23)15-16(23)18(28)26(8-7-24)17(15)27/h3-6,9,12,15-16H,7-8,10H2,1-2H3,(H,25,33)(H,29,30)(H,31,32). The number of nitrogens with zero attached hydrogens (tertiary/aromatic N) is 1. The predicted octanol–water partition coefficient (Wildman–Crippen LogP) is 2.62. The Hall–Kier alpha value is -3.01. The molecule has 9 nitrogen and oxygen atoms in total. The summed E-state index contributed by atoms with van der Waals surface area (Å²) in [4.78, 5) is 64.0. The summed E-state index contributed by atoms with van der Waals surface area (Å²) >= 11 is 3.27. The van der Waals surface area contributed by atoms with Gasteiger partial charge in [-0.15, -0.1) is 0 Å². The number of hydrogen-bond acceptors (Lipinski definition) is 5. The van der Waals surface area contributed by atoms with Crippen molar-refractivity contribution in [2.75, 3.05) is 17.2 Å². The number of benzene rings is 1. The molecule has 1 aromatic rings. The Morgan fingerprint density at radius 1 is 1.18 bits per heavy atom. The minimum absolute atomic E-state index is 0.139. The lowest BCUT2D eigenvalue weighted by Gasteiger charge is -2.43. The lowest BCUT2D eigenvalue weighted by molar-refractivity contribution is -0.142. The van der Waals surface area contributed by atoms with Crippen molar-refractivity contribution in [3.63, 3.8) is 0 Å². The van der Waals surface area contributed by atoms with Gasteiger partial charge in [-0.1, -0.05) is 41.9 Å². The maximum atomic E-state index is 13.5. The van der Waals surface area contributed by atoms with Gasteiger partial charge in [0.1, 0.15) is 0 Å². The van der Waals surface area contributed by atoms with E-state index in [9.17, 15) is 34.2 Å². The van der Waals surface area contributed by atoms with Crippen LogP contribution in [0.4, 0.5) is 5.69 Å². The molecule has 2 aliphatic carbocycles. The second-order valence-electron chi connectivity index (χ2n) is 9.24. The molecule has 2 fully saturated rings. The van der Waals surface area contributed by atoms with Crippen LogP contribution in [0.1, 0.15) is 41.0 Å². The van der Waals surface area contributed by atoms with Gasteiger partial charge in [0.05, 0.1) is 34.1 Å². The topological polar surface area (TPSA) is 141 Å². The van der Waals surface area contributed by atoms with Gasteiger partial charge in [-0.2, -0.15) is 0 Å². The Balaban J connectivity index is 1.70. The Kier molecular flexibility index (Phi) is 5.47. The van der Waals surface area contributed by atoms with E-state index in [-0.39, 0.29) is 41.1 Å². The Morgan fingerprint density at radius 2 is 1.88 bits per heavy atom. The number of hydrogen-bond donors (Lipinski definition) is 3. The smallest absolute Gasteiger partial charge is 0.337 e. The van der Waals surface area contributed by atoms with Crippen LogP contribution in [0.15, 0.2) is 30.4 Å². The third-order valence-corrected chi connectivity index (χ3v) is 7.81. The zero-order valence-corrected chi connectivity index (χ0v) is 19.6. The number of carboxylic acid groups (broad SMARTS) is 2. The van der Waals surface area contributed by atoms with Crippen LogP contribution in [0.5, 0.6) is 0 Å². The Bertz CT molecular complexity index is 1130. The number of rotatable bonds is 7. The van der Waals surface area contributed by atoms with E-state index in [1.165, 1.54) is 4.90 Å². The molecule has 3 aliphatic rings. The molecule has 0 spiro atoms. The van der Waals surface area contributed by atoms with Gasteiger partial charge >= 0.3 is 11.9 Å². The van der Waals surface area contributed by atoms with Gasteiger partial charge in [0.25, 0.3) is 0 Å². The molecular weight excluding hydrogens is 496 g/mol. The van der Waals surface area contributed by atoms with Gasteiger partial charge in [0.2, 0.25) is 17.7 Å². The van der Waals surface area contributed by atoms with Gasteiger partial charge in [-0.25, -0.2) is 9.59 Å². The molecule has 10 heteroatoms. The van der Waals surface area contributed by atoms with Crippen LogP contribution in [-0.2, 0) is 14.4 Å². The summed E-state index contributed by atoms with van der Waals surface area (Å²) in [6.07, 6.45) is 4.21. The molecule has 4 atom stereocenters. The fraction of sp³-hybridized carbons (Fsp3) is 0.435. The zero-order valence-electron chi connectivity index (χ0n) is 18.0. The molecule has 4 rings (SSSR count). The molecule has 3 amide bonds. The van der Waals surface area contributed by atoms with E-state index in [0.29, 0.717) is 11.8 Å². The molecule has 1 aromatic carbocycles. The highest BCUT2D eigenvalue weighted by molar-refractivity contribution is 9.09. The average molecular weight is 519 g/mol. The van der Waals surface area contributed by atoms with Crippen LogP contribution in [0, 0.1) is 28.6 Å². The number of allylic oxidation sites excluding steroid dienone is 2. The number of carbonyl (C=O) groups excluding carboxylic acids is 3. The lowest BCUT2D eigenvalue weighted by Crippen LogP contribution is -2.50. The first kappa shape index (κ1) is 23.2. The SMILES string of the molecule is CC(C)(C(=O)Nc1cc(C(=O)O)ccc1C(=O)O)C12C=CC(C1)C1C(=O)N(CCBr)C(=O)C12. The first-order chi connectivity index (χ1) is 15.5. The predicted molar refractivity (Wildman–Crippen MR) is 120 cm³/mol. The first-order valence-corrected chi connectivity index (χ1v) is 11.6. The number of alkyl halides is 1. The largest absolute Gasteiger partial charge is 0.478 e. The van der Waals surface area contributed by atoms with Gasteiger partial charge in [-0.05, 0) is 30.5 Å². The van der Waals surface area contributed by atoms with Crippen molar-refractivity contribution in [3.8, 4) is 0 Å². The van der Waals surface area contributed by atoms with Crippen molar-refractivity contribution in [2.45, 2.75) is 20.3 Å². The quantitative estimate of drug-likeness (QED) is 0.286. The number of fused-ring (bicyclic) bond motifs is 5. The molecule has 174 valence electrons. The van der Waals surface area contributed by atoms with E-state index in [0.717, 1.165) is 18.2 Å². The molecule has 0 aromatic heterocycles. The summed E-state index contributed by atoms with van der Waals surface area (Å²) in [5.41, 5.74) is -2.68. The highest BCUT2D eigenvalue weighted by atomic mass is 79.9. The molecule has 0 radical (unpaired) electrons. The lowest BCUT2D eigenvalue weighted by atomic mass is 9.59. The van der Waals surface area contributed by atoms with Crippen LogP contribution < -0.4 is 5.32 Å². The maximum Gasteiger partial charge on any atom is 0.337 e. The van der Waals surface area contributed by atoms with Gasteiger partial charge < -0.3 is 15.5 Å². The van der Waals surface area contributed by atoms with Crippen molar-refractivity contribution in [2.24, 2.45) is 28.6 Å². The number of imide groups is 1. The van der Waals surface area contributed by atoms with E-state index >= 15 is 0 Å². The van der Waals surface area contributed by atoms with Crippen LogP contribution >= 0.6 is 15.9 Å². The van der Waals surface area contributed by atoms with Crippen LogP contribution in [0.25, 0.3) is 0 Å². The molecule has 4 unspecified atom stereocenters. The van der Waals surface area contributed by atoms with Crippen molar-refractivity contribution in [3.05, 3.63) is 41.5 Å². The van der Waals surface area contributed by atoms with E-state index in [2.05, 4.69) is 21.2 Å². The summed E-state index contributed by atoms with van der Waals surface area (Å²) in [7, 11) is 0. The number of likely N-dealkylation sites (tertiary alicyclic amines) is 1. The second kappa shape index (κ2) is 7.79. The number of amides is 3. The first-order valence-electron chi connectivity index (χ1n) is 10.5. The molecular formula is C23H23BrN2O7. The van der Waals surface area contributed by atoms with Crippen molar-refractivity contribution < 1.29 is 34.2 Å². The number of anilines is 1. The maximum absolute atomic E-state index is 13.5. The third-order valence-electron chi connectivity index (χ3n) is 7.46. The summed E-state index contributed by atoms with van der Waals surface area (Å²) < 4.78 is 0. The number of aromatic carboxylic acids is 2. The molecule has 33 heavy (non-hydrogen) atoms. The van der Waals surface area contributed by atoms with Crippen LogP contribution in [-0.4, -0.2) is 56.6 Å². The molecule has 2 bridgehead atoms. The molecule has 1 saturated carbocycles. The minimum atomic E-state index is -1.32. The summed E-state index contributed by atoms with van der Waals surface area (Å²) in [5.74, 6) is -5.00. The van der Waals surface area contributed by atoms with E-state index < -0.39 is 40.5 Å². The summed E-state index contributed by atoms with van der Waals surface area (Å²) in [6.45, 7) is 3.59. The molecule has 1 aliphatic heterocycles. The fourth-order valence-electron chi connectivity index (χ4n) is 5.64. The number of carboxylic acids is 2. The zero-order chi connectivity index (χ0) is 24.3. The molecule has 3 N–H and O–H groups in total. The minimum Gasteiger partial charge on any atom is -0.478 e. The van der Waals surface area contributed by atoms with E-state index in [4.69, 9.17) is 0 Å². The van der Waals surface area contributed by atoms with Crippen LogP contribution in [0.2, 0.25) is 0 Å². The average Bonchev–Trinajstić information content (AvgIpc) is 3.41. The van der Waals surface area contributed by atoms with Gasteiger partial charge in [0.15, 0.2) is 0 Å². The van der Waals surface area contributed by atoms with Crippen molar-refractivity contribution >= 4 is 51.3 Å². The Morgan fingerprint density at radius 3 is 2.48 bits per heavy atom. The number of nitrogens with one attached hydrogen (secondary N) is 1. The fourth-order valence-corrected chi connectivity index (χ4v) is 5.99. The summed E-state index contributed by atoms with van der Waals surface area (Å²) in [5, 5.41) is 21.8. The van der Waals surface area contributed by atoms with Gasteiger partial charge in [-0.3, -0.25) is 19.3 Å².